The quantitative estimate of drug-likeness (QED) is 0.502. The fourth-order valence-corrected chi connectivity index (χ4v) is 2.96. The van der Waals surface area contributed by atoms with E-state index in [4.69, 9.17) is 10.3 Å². The van der Waals surface area contributed by atoms with Gasteiger partial charge >= 0.3 is 0 Å². The van der Waals surface area contributed by atoms with Crippen molar-refractivity contribution in [1.29, 1.82) is 0 Å². The van der Waals surface area contributed by atoms with Crippen molar-refractivity contribution in [2.24, 2.45) is 4.99 Å². The minimum Gasteiger partial charge on any atom is -0.682 e. The molecule has 6 nitrogen and oxygen atoms in total. The van der Waals surface area contributed by atoms with Gasteiger partial charge in [-0.1, -0.05) is 36.4 Å². The highest BCUT2D eigenvalue weighted by Gasteiger charge is 2.19. The Hall–Kier alpha value is -4.06. The first-order valence-electron chi connectivity index (χ1n) is 9.60. The Morgan fingerprint density at radius 3 is 2.20 bits per heavy atom. The number of nitrogens with zero attached hydrogens (tertiary/aromatic N) is 6. The van der Waals surface area contributed by atoms with Crippen LogP contribution in [0.5, 0.6) is 0 Å². The van der Waals surface area contributed by atoms with E-state index in [9.17, 15) is 0 Å². The van der Waals surface area contributed by atoms with E-state index in [0.717, 1.165) is 22.8 Å². The molecular weight excluding hydrogens is 372 g/mol. The van der Waals surface area contributed by atoms with Gasteiger partial charge in [0.05, 0.1) is 17.4 Å². The minimum atomic E-state index is -0.372. The second kappa shape index (κ2) is 9.93. The van der Waals surface area contributed by atoms with Crippen molar-refractivity contribution in [1.82, 2.24) is 15.0 Å². The summed E-state index contributed by atoms with van der Waals surface area (Å²) in [6, 6.07) is 16.5. The van der Waals surface area contributed by atoms with Gasteiger partial charge in [0.1, 0.15) is 0 Å². The molecule has 0 saturated carbocycles. The van der Waals surface area contributed by atoms with Crippen LogP contribution in [0.15, 0.2) is 115 Å². The highest BCUT2D eigenvalue weighted by Crippen LogP contribution is 2.37. The maximum atomic E-state index is 4.83. The van der Waals surface area contributed by atoms with E-state index >= 15 is 0 Å². The van der Waals surface area contributed by atoms with Gasteiger partial charge in [-0.25, -0.2) is 0 Å². The van der Waals surface area contributed by atoms with Gasteiger partial charge in [-0.2, -0.15) is 18.1 Å². The topological polar surface area (TPSA) is 79.2 Å². The van der Waals surface area contributed by atoms with Gasteiger partial charge in [-0.15, -0.1) is 0 Å². The van der Waals surface area contributed by atoms with Crippen molar-refractivity contribution in [3.8, 4) is 0 Å². The summed E-state index contributed by atoms with van der Waals surface area (Å²) in [5.74, 6) is 0. The van der Waals surface area contributed by atoms with E-state index in [1.54, 1.807) is 37.2 Å². The zero-order valence-electron chi connectivity index (χ0n) is 16.2. The molecule has 1 aliphatic heterocycles. The molecule has 0 radical (unpaired) electrons. The van der Waals surface area contributed by atoms with Crippen molar-refractivity contribution in [2.75, 3.05) is 0 Å². The lowest BCUT2D eigenvalue weighted by atomic mass is 10.0. The molecule has 1 aliphatic rings. The third-order valence-electron chi connectivity index (χ3n) is 4.39. The molecule has 1 unspecified atom stereocenters. The Morgan fingerprint density at radius 1 is 0.833 bits per heavy atom. The van der Waals surface area contributed by atoms with Crippen LogP contribution in [-0.2, 0) is 0 Å². The maximum absolute atomic E-state index is 4.83. The first-order chi connectivity index (χ1) is 14.9. The number of rotatable bonds is 7. The lowest BCUT2D eigenvalue weighted by Gasteiger charge is -2.37. The first-order valence-corrected chi connectivity index (χ1v) is 9.60. The van der Waals surface area contributed by atoms with Gasteiger partial charge in [0, 0.05) is 30.5 Å². The van der Waals surface area contributed by atoms with Gasteiger partial charge in [0.25, 0.3) is 0 Å². The summed E-state index contributed by atoms with van der Waals surface area (Å²) < 4.78 is 0. The third-order valence-corrected chi connectivity index (χ3v) is 4.39. The van der Waals surface area contributed by atoms with Crippen molar-refractivity contribution in [2.45, 2.75) is 12.1 Å². The summed E-state index contributed by atoms with van der Waals surface area (Å²) in [6.45, 7) is 0. The number of hydrogen-bond donors (Lipinski definition) is 0. The molecule has 4 heterocycles. The molecule has 0 N–H and O–H groups in total. The SMILES string of the molecule is C1=C[N-]C(=C[N-]C(c2ccccn2)[C@H](N=Cc2ccccn2)c2ccccn2)C=C1. The molecule has 30 heavy (non-hydrogen) atoms. The zero-order valence-corrected chi connectivity index (χ0v) is 16.2. The zero-order chi connectivity index (χ0) is 20.4. The molecule has 148 valence electrons. The standard InChI is InChI=1S/C24H20N6/c1-5-13-25-19(9-1)17-29-23(21-11-3-7-15-27-21)24(22-12-4-8-16-28-22)30-18-20-10-2-6-14-26-20/h1-18,23-24H/q-2/t23?,24-/m1/s1. The van der Waals surface area contributed by atoms with Crippen molar-refractivity contribution >= 4 is 6.21 Å². The van der Waals surface area contributed by atoms with Gasteiger partial charge in [-0.05, 0) is 42.4 Å². The molecule has 3 aromatic heterocycles. The summed E-state index contributed by atoms with van der Waals surface area (Å²) in [6.07, 6.45) is 16.2. The number of allylic oxidation sites excluding steroid dienone is 3. The largest absolute Gasteiger partial charge is 0.682 e. The fourth-order valence-electron chi connectivity index (χ4n) is 2.96. The molecule has 4 rings (SSSR count). The summed E-state index contributed by atoms with van der Waals surface area (Å²) in [5, 5.41) is 9.17. The van der Waals surface area contributed by atoms with Crippen LogP contribution in [0, 0.1) is 0 Å². The minimum absolute atomic E-state index is 0.372. The van der Waals surface area contributed by atoms with Crippen LogP contribution < -0.4 is 0 Å². The number of hydrogen-bond acceptors (Lipinski definition) is 4. The molecule has 3 aromatic rings. The van der Waals surface area contributed by atoms with E-state index in [1.807, 2.05) is 72.8 Å². The van der Waals surface area contributed by atoms with Crippen LogP contribution >= 0.6 is 0 Å². The van der Waals surface area contributed by atoms with E-state index in [1.165, 1.54) is 0 Å². The maximum Gasteiger partial charge on any atom is 0.0843 e. The lowest BCUT2D eigenvalue weighted by molar-refractivity contribution is 0.605. The second-order valence-electron chi connectivity index (χ2n) is 6.46. The predicted octanol–water partition coefficient (Wildman–Crippen LogP) is 5.45. The van der Waals surface area contributed by atoms with E-state index < -0.39 is 0 Å². The highest BCUT2D eigenvalue weighted by molar-refractivity contribution is 5.77. The smallest absolute Gasteiger partial charge is 0.0843 e. The molecule has 2 atom stereocenters. The summed E-state index contributed by atoms with van der Waals surface area (Å²) >= 11 is 0. The Morgan fingerprint density at radius 2 is 1.57 bits per heavy atom. The van der Waals surface area contributed by atoms with E-state index in [-0.39, 0.29) is 12.1 Å². The van der Waals surface area contributed by atoms with Crippen LogP contribution in [0.25, 0.3) is 10.6 Å². The average molecular weight is 392 g/mol. The van der Waals surface area contributed by atoms with Gasteiger partial charge < -0.3 is 10.6 Å². The normalized spacial score (nSPS) is 16.3. The monoisotopic (exact) mass is 392 g/mol. The van der Waals surface area contributed by atoms with Gasteiger partial charge in [0.2, 0.25) is 0 Å². The van der Waals surface area contributed by atoms with E-state index in [0.29, 0.717) is 0 Å². The molecule has 0 aromatic carbocycles. The molecule has 0 fully saturated rings. The van der Waals surface area contributed by atoms with E-state index in [2.05, 4.69) is 20.3 Å². The Balaban J connectivity index is 1.71. The summed E-state index contributed by atoms with van der Waals surface area (Å²) in [7, 11) is 0. The van der Waals surface area contributed by atoms with Crippen molar-refractivity contribution in [3.63, 3.8) is 0 Å². The van der Waals surface area contributed by atoms with Crippen LogP contribution in [0.4, 0.5) is 0 Å². The molecular formula is C24H20N6-2. The summed E-state index contributed by atoms with van der Waals surface area (Å²) in [4.78, 5) is 18.2. The molecule has 6 heteroatoms. The molecule has 0 saturated heterocycles. The molecule has 0 amide bonds. The molecule has 0 bridgehead atoms. The highest BCUT2D eigenvalue weighted by atomic mass is 15.0. The number of pyridine rings is 3. The van der Waals surface area contributed by atoms with Gasteiger partial charge in [0.15, 0.2) is 0 Å². The van der Waals surface area contributed by atoms with Crippen LogP contribution in [0.2, 0.25) is 0 Å². The average Bonchev–Trinajstić information content (AvgIpc) is 2.83. The fraction of sp³-hybridized carbons (Fsp3) is 0.0833. The number of aliphatic imine (C=N–C) groups is 1. The van der Waals surface area contributed by atoms with Crippen LogP contribution in [-0.4, -0.2) is 21.2 Å². The van der Waals surface area contributed by atoms with Crippen molar-refractivity contribution < 1.29 is 0 Å². The van der Waals surface area contributed by atoms with Crippen LogP contribution in [0.3, 0.4) is 0 Å². The molecule has 0 aliphatic carbocycles. The second-order valence-corrected chi connectivity index (χ2v) is 6.46. The first kappa shape index (κ1) is 19.3. The predicted molar refractivity (Wildman–Crippen MR) is 119 cm³/mol. The molecule has 0 spiro atoms. The Labute approximate surface area is 175 Å². The summed E-state index contributed by atoms with van der Waals surface area (Å²) in [5.41, 5.74) is 3.15. The van der Waals surface area contributed by atoms with Crippen LogP contribution in [0.1, 0.15) is 29.2 Å². The number of aromatic nitrogens is 3. The Bertz CT molecular complexity index is 1040. The van der Waals surface area contributed by atoms with Crippen molar-refractivity contribution in [3.05, 3.63) is 137 Å². The Kier molecular flexibility index (Phi) is 6.38. The lowest BCUT2D eigenvalue weighted by Crippen LogP contribution is -2.12. The third kappa shape index (κ3) is 5.05. The van der Waals surface area contributed by atoms with Gasteiger partial charge in [-0.3, -0.25) is 19.9 Å².